The van der Waals surface area contributed by atoms with Crippen molar-refractivity contribution >= 4 is 27.9 Å². The largest absolute Gasteiger partial charge is 0.492 e. The van der Waals surface area contributed by atoms with Gasteiger partial charge in [-0.1, -0.05) is 33.1 Å². The fraction of sp³-hybridized carbons (Fsp3) is 0.643. The van der Waals surface area contributed by atoms with Crippen molar-refractivity contribution in [3.8, 4) is 5.75 Å². The van der Waals surface area contributed by atoms with Crippen LogP contribution in [0.1, 0.15) is 55.6 Å². The van der Waals surface area contributed by atoms with Crippen LogP contribution in [-0.4, -0.2) is 19.1 Å². The van der Waals surface area contributed by atoms with Gasteiger partial charge in [-0.3, -0.25) is 4.79 Å². The number of hydrogen-bond donors (Lipinski definition) is 3. The van der Waals surface area contributed by atoms with Crippen molar-refractivity contribution in [3.05, 3.63) is 4.88 Å². The zero-order valence-corrected chi connectivity index (χ0v) is 13.3. The van der Waals surface area contributed by atoms with E-state index in [1.54, 1.807) is 7.11 Å². The first kappa shape index (κ1) is 16.6. The molecule has 1 unspecified atom stereocenters. The summed E-state index contributed by atoms with van der Waals surface area (Å²) in [6, 6.07) is 0.368. The van der Waals surface area contributed by atoms with Crippen molar-refractivity contribution < 1.29 is 9.53 Å². The van der Waals surface area contributed by atoms with Gasteiger partial charge in [-0.25, -0.2) is 0 Å². The van der Waals surface area contributed by atoms with E-state index in [9.17, 15) is 4.79 Å². The number of anilines is 2. The van der Waals surface area contributed by atoms with Crippen molar-refractivity contribution in [1.29, 1.82) is 0 Å². The van der Waals surface area contributed by atoms with Crippen molar-refractivity contribution in [1.82, 2.24) is 0 Å². The lowest BCUT2D eigenvalue weighted by atomic mass is 10.1. The van der Waals surface area contributed by atoms with Gasteiger partial charge in [-0.15, -0.1) is 11.3 Å². The fourth-order valence-electron chi connectivity index (χ4n) is 2.18. The minimum atomic E-state index is -0.514. The van der Waals surface area contributed by atoms with Crippen LogP contribution < -0.4 is 21.5 Å². The average Bonchev–Trinajstić information content (AvgIpc) is 2.72. The third kappa shape index (κ3) is 4.03. The number of amides is 1. The Morgan fingerprint density at radius 3 is 2.55 bits per heavy atom. The monoisotopic (exact) mass is 299 g/mol. The molecule has 0 bridgehead atoms. The summed E-state index contributed by atoms with van der Waals surface area (Å²) in [6.45, 7) is 4.34. The molecule has 0 spiro atoms. The van der Waals surface area contributed by atoms with E-state index in [0.29, 0.717) is 22.4 Å². The van der Waals surface area contributed by atoms with Gasteiger partial charge in [0.2, 0.25) is 0 Å². The summed E-state index contributed by atoms with van der Waals surface area (Å²) in [5.41, 5.74) is 11.6. The molecule has 1 atom stereocenters. The lowest BCUT2D eigenvalue weighted by Gasteiger charge is -2.18. The number of unbranched alkanes of at least 4 members (excludes halogenated alkanes) is 1. The van der Waals surface area contributed by atoms with E-state index in [-0.39, 0.29) is 0 Å². The second kappa shape index (κ2) is 7.99. The maximum atomic E-state index is 11.4. The second-order valence-electron chi connectivity index (χ2n) is 4.84. The molecule has 0 aliphatic heterocycles. The summed E-state index contributed by atoms with van der Waals surface area (Å²) in [6.07, 6.45) is 5.61. The van der Waals surface area contributed by atoms with E-state index < -0.39 is 5.91 Å². The molecule has 5 nitrogen and oxygen atoms in total. The van der Waals surface area contributed by atoms with Crippen molar-refractivity contribution in [2.75, 3.05) is 18.2 Å². The van der Waals surface area contributed by atoms with Crippen LogP contribution in [0.15, 0.2) is 0 Å². The number of methoxy groups -OCH3 is 1. The zero-order chi connectivity index (χ0) is 15.1. The Hall–Kier alpha value is -1.43. The number of primary amides is 1. The summed E-state index contributed by atoms with van der Waals surface area (Å²) in [7, 11) is 1.55. The molecule has 1 amide bonds. The number of rotatable bonds is 9. The fourth-order valence-corrected chi connectivity index (χ4v) is 3.20. The van der Waals surface area contributed by atoms with E-state index >= 15 is 0 Å². The maximum Gasteiger partial charge on any atom is 0.261 e. The summed E-state index contributed by atoms with van der Waals surface area (Å²) in [5, 5.41) is 4.26. The first-order valence-corrected chi connectivity index (χ1v) is 7.89. The molecular weight excluding hydrogens is 274 g/mol. The van der Waals surface area contributed by atoms with Crippen LogP contribution >= 0.6 is 11.3 Å². The highest BCUT2D eigenvalue weighted by molar-refractivity contribution is 7.19. The zero-order valence-electron chi connectivity index (χ0n) is 12.5. The Morgan fingerprint density at radius 1 is 1.35 bits per heavy atom. The molecule has 0 saturated carbocycles. The highest BCUT2D eigenvalue weighted by Crippen LogP contribution is 2.42. The molecule has 114 valence electrons. The third-order valence-electron chi connectivity index (χ3n) is 3.21. The molecule has 1 rings (SSSR count). The number of nitrogens with two attached hydrogens (primary N) is 2. The predicted molar refractivity (Wildman–Crippen MR) is 85.6 cm³/mol. The standard InChI is InChI=1S/C14H25N3O2S/c1-4-6-8-9(7-5-2)17-14-11(19-3)10(15)12(20-14)13(16)18/h9,17H,4-8,15H2,1-3H3,(H2,16,18). The van der Waals surface area contributed by atoms with Gasteiger partial charge in [0.05, 0.1) is 7.11 Å². The van der Waals surface area contributed by atoms with Gasteiger partial charge in [0.1, 0.15) is 15.6 Å². The number of nitrogens with one attached hydrogen (secondary N) is 1. The summed E-state index contributed by atoms with van der Waals surface area (Å²) >= 11 is 1.27. The molecule has 1 heterocycles. The van der Waals surface area contributed by atoms with Gasteiger partial charge in [-0.2, -0.15) is 0 Å². The molecule has 0 fully saturated rings. The van der Waals surface area contributed by atoms with Gasteiger partial charge in [0.15, 0.2) is 5.75 Å². The van der Waals surface area contributed by atoms with Gasteiger partial charge < -0.3 is 21.5 Å². The van der Waals surface area contributed by atoms with Crippen molar-refractivity contribution in [2.45, 2.75) is 52.0 Å². The van der Waals surface area contributed by atoms with E-state index in [4.69, 9.17) is 16.2 Å². The molecule has 0 aliphatic carbocycles. The van der Waals surface area contributed by atoms with Crippen LogP contribution in [-0.2, 0) is 0 Å². The van der Waals surface area contributed by atoms with Crippen LogP contribution in [0.4, 0.5) is 10.7 Å². The Labute approximate surface area is 124 Å². The summed E-state index contributed by atoms with van der Waals surface area (Å²) < 4.78 is 5.31. The Morgan fingerprint density at radius 2 is 2.05 bits per heavy atom. The highest BCUT2D eigenvalue weighted by Gasteiger charge is 2.21. The number of carbonyl (C=O) groups is 1. The van der Waals surface area contributed by atoms with Crippen LogP contribution in [0, 0.1) is 0 Å². The van der Waals surface area contributed by atoms with Gasteiger partial charge in [-0.05, 0) is 12.8 Å². The van der Waals surface area contributed by atoms with Crippen LogP contribution in [0.25, 0.3) is 0 Å². The predicted octanol–water partition coefficient (Wildman–Crippen LogP) is 3.21. The molecular formula is C14H25N3O2S. The number of nitrogen functional groups attached to an aromatic ring is 1. The van der Waals surface area contributed by atoms with Crippen LogP contribution in [0.2, 0.25) is 0 Å². The Balaban J connectivity index is 2.93. The molecule has 6 heteroatoms. The first-order valence-electron chi connectivity index (χ1n) is 7.07. The maximum absolute atomic E-state index is 11.4. The topological polar surface area (TPSA) is 90.4 Å². The highest BCUT2D eigenvalue weighted by atomic mass is 32.1. The summed E-state index contributed by atoms with van der Waals surface area (Å²) in [5.74, 6) is 0.0147. The van der Waals surface area contributed by atoms with E-state index in [2.05, 4.69) is 19.2 Å². The number of hydrogen-bond acceptors (Lipinski definition) is 5. The Kier molecular flexibility index (Phi) is 6.64. The van der Waals surface area contributed by atoms with Crippen molar-refractivity contribution in [2.24, 2.45) is 5.73 Å². The number of carbonyl (C=O) groups excluding carboxylic acids is 1. The first-order chi connectivity index (χ1) is 9.54. The average molecular weight is 299 g/mol. The summed E-state index contributed by atoms with van der Waals surface area (Å²) in [4.78, 5) is 11.7. The molecule has 1 aromatic rings. The van der Waals surface area contributed by atoms with Crippen LogP contribution in [0.5, 0.6) is 5.75 Å². The third-order valence-corrected chi connectivity index (χ3v) is 4.34. The van der Waals surface area contributed by atoms with Crippen molar-refractivity contribution in [3.63, 3.8) is 0 Å². The van der Waals surface area contributed by atoms with Crippen LogP contribution in [0.3, 0.4) is 0 Å². The SMILES string of the molecule is CCCCC(CCC)Nc1sc(C(N)=O)c(N)c1OC. The molecule has 1 aromatic heterocycles. The smallest absolute Gasteiger partial charge is 0.261 e. The lowest BCUT2D eigenvalue weighted by molar-refractivity contribution is 0.100. The second-order valence-corrected chi connectivity index (χ2v) is 5.86. The number of ether oxygens (including phenoxy) is 1. The molecule has 0 aromatic carbocycles. The van der Waals surface area contributed by atoms with Gasteiger partial charge in [0, 0.05) is 6.04 Å². The molecule has 20 heavy (non-hydrogen) atoms. The number of thiophene rings is 1. The lowest BCUT2D eigenvalue weighted by Crippen LogP contribution is -2.18. The van der Waals surface area contributed by atoms with E-state index in [0.717, 1.165) is 30.7 Å². The molecule has 0 saturated heterocycles. The quantitative estimate of drug-likeness (QED) is 0.653. The normalized spacial score (nSPS) is 12.2. The van der Waals surface area contributed by atoms with E-state index in [1.165, 1.54) is 17.8 Å². The molecule has 5 N–H and O–H groups in total. The minimum absolute atomic E-state index is 0.332. The minimum Gasteiger partial charge on any atom is -0.492 e. The molecule has 0 aliphatic rings. The van der Waals surface area contributed by atoms with Gasteiger partial charge in [0.25, 0.3) is 5.91 Å². The Bertz CT molecular complexity index is 446. The molecule has 0 radical (unpaired) electrons. The van der Waals surface area contributed by atoms with Gasteiger partial charge >= 0.3 is 0 Å². The van der Waals surface area contributed by atoms with E-state index in [1.807, 2.05) is 0 Å².